The van der Waals surface area contributed by atoms with Crippen LogP contribution in [0.3, 0.4) is 0 Å². The first-order valence-electron chi connectivity index (χ1n) is 19.3. The van der Waals surface area contributed by atoms with Gasteiger partial charge in [-0.3, -0.25) is 0 Å². The molecule has 0 aromatic carbocycles. The van der Waals surface area contributed by atoms with Gasteiger partial charge in [0.1, 0.15) is 0 Å². The second-order valence-corrected chi connectivity index (χ2v) is 18.1. The van der Waals surface area contributed by atoms with Gasteiger partial charge in [-0.15, -0.1) is 0 Å². The Morgan fingerprint density at radius 2 is 0.707 bits per heavy atom. The van der Waals surface area contributed by atoms with E-state index >= 15 is 0 Å². The van der Waals surface area contributed by atoms with Gasteiger partial charge in [0.15, 0.2) is 0 Å². The largest absolute Gasteiger partial charge is 0.162 e. The molecule has 41 heavy (non-hydrogen) atoms. The fourth-order valence-electron chi connectivity index (χ4n) is 8.83. The average Bonchev–Trinajstić information content (AvgIpc) is 2.93. The van der Waals surface area contributed by atoms with Crippen molar-refractivity contribution < 1.29 is 0 Å². The average molecular weight is 591 g/mol. The Morgan fingerprint density at radius 1 is 0.415 bits per heavy atom. The molecule has 0 spiro atoms. The van der Waals surface area contributed by atoms with Gasteiger partial charge >= 0.3 is 0 Å². The van der Waals surface area contributed by atoms with Crippen molar-refractivity contribution in [3.8, 4) is 0 Å². The Morgan fingerprint density at radius 3 is 1.02 bits per heavy atom. The van der Waals surface area contributed by atoms with E-state index in [9.17, 15) is 0 Å². The molecule has 0 bridgehead atoms. The molecule has 0 N–H and O–H groups in total. The van der Waals surface area contributed by atoms with Crippen LogP contribution in [0.2, 0.25) is 0 Å². The summed E-state index contributed by atoms with van der Waals surface area (Å²) in [5, 5.41) is 0. The highest BCUT2D eigenvalue weighted by atomic mass is 32.2. The van der Waals surface area contributed by atoms with Crippen LogP contribution in [-0.4, -0.2) is 11.5 Å². The molecule has 2 aliphatic rings. The molecule has 0 nitrogen and oxygen atoms in total. The van der Waals surface area contributed by atoms with Gasteiger partial charge in [-0.2, -0.15) is 11.8 Å². The highest BCUT2D eigenvalue weighted by Crippen LogP contribution is 2.44. The van der Waals surface area contributed by atoms with Crippen molar-refractivity contribution in [1.82, 2.24) is 0 Å². The van der Waals surface area contributed by atoms with Crippen molar-refractivity contribution in [2.75, 3.05) is 11.5 Å². The summed E-state index contributed by atoms with van der Waals surface area (Å²) in [5.41, 5.74) is 1.01. The van der Waals surface area contributed by atoms with E-state index < -0.39 is 0 Å². The normalized spacial score (nSPS) is 19.5. The minimum absolute atomic E-state index is 0.504. The summed E-state index contributed by atoms with van der Waals surface area (Å²) in [6.07, 6.45) is 38.6. The van der Waals surface area contributed by atoms with E-state index in [2.05, 4.69) is 53.3 Å². The molecule has 2 atom stereocenters. The quantitative estimate of drug-likeness (QED) is 0.113. The Balaban J connectivity index is 1.33. The van der Waals surface area contributed by atoms with E-state index in [1.54, 1.807) is 0 Å². The fourth-order valence-corrected chi connectivity index (χ4v) is 9.85. The lowest BCUT2D eigenvalue weighted by atomic mass is 9.66. The summed E-state index contributed by atoms with van der Waals surface area (Å²) in [7, 11) is 0. The van der Waals surface area contributed by atoms with Gasteiger partial charge < -0.3 is 0 Å². The van der Waals surface area contributed by atoms with E-state index in [1.807, 2.05) is 0 Å². The Kier molecular flexibility index (Phi) is 20.1. The van der Waals surface area contributed by atoms with Gasteiger partial charge in [0.2, 0.25) is 0 Å². The van der Waals surface area contributed by atoms with Crippen LogP contribution in [0.25, 0.3) is 0 Å². The first-order valence-corrected chi connectivity index (χ1v) is 20.4. The van der Waals surface area contributed by atoms with Crippen molar-refractivity contribution in [1.29, 1.82) is 0 Å². The van der Waals surface area contributed by atoms with Crippen LogP contribution in [0.15, 0.2) is 0 Å². The number of unbranched alkanes of at least 4 members (excludes halogenated alkanes) is 12. The van der Waals surface area contributed by atoms with Crippen LogP contribution >= 0.6 is 11.8 Å². The zero-order chi connectivity index (χ0) is 29.8. The second kappa shape index (κ2) is 22.0. The predicted molar refractivity (Wildman–Crippen MR) is 190 cm³/mol. The summed E-state index contributed by atoms with van der Waals surface area (Å²) < 4.78 is 0. The lowest BCUT2D eigenvalue weighted by Gasteiger charge is -2.39. The van der Waals surface area contributed by atoms with Crippen LogP contribution in [0.4, 0.5) is 0 Å². The smallest absolute Gasteiger partial charge is 0.00675 e. The molecule has 2 fully saturated rings. The minimum Gasteiger partial charge on any atom is -0.162 e. The Labute approximate surface area is 265 Å². The zero-order valence-corrected chi connectivity index (χ0v) is 30.3. The van der Waals surface area contributed by atoms with E-state index in [4.69, 9.17) is 0 Å². The Hall–Kier alpha value is 0.350. The third-order valence-electron chi connectivity index (χ3n) is 11.3. The summed E-state index contributed by atoms with van der Waals surface area (Å²) in [5.74, 6) is 6.78. The molecule has 2 unspecified atom stereocenters. The molecule has 0 aromatic heterocycles. The van der Waals surface area contributed by atoms with Gasteiger partial charge in [0.05, 0.1) is 0 Å². The lowest BCUT2D eigenvalue weighted by molar-refractivity contribution is 0.112. The van der Waals surface area contributed by atoms with Crippen molar-refractivity contribution in [3.05, 3.63) is 0 Å². The van der Waals surface area contributed by atoms with Crippen molar-refractivity contribution in [2.45, 2.75) is 208 Å². The molecule has 2 aliphatic carbocycles. The number of thioether (sulfide) groups is 1. The third-order valence-corrected chi connectivity index (χ3v) is 12.4. The molecule has 0 aliphatic heterocycles. The molecule has 244 valence electrons. The molecule has 0 amide bonds. The SMILES string of the molecule is CC(C)(C)C(CCCCCCCCCSCCCCCCCCCC(C1CCCCC1)C(C)(C)C)C1CCCCC1. The maximum atomic E-state index is 2.51. The summed E-state index contributed by atoms with van der Waals surface area (Å²) in [4.78, 5) is 0. The monoisotopic (exact) mass is 591 g/mol. The van der Waals surface area contributed by atoms with Gasteiger partial charge in [0, 0.05) is 0 Å². The van der Waals surface area contributed by atoms with Crippen molar-refractivity contribution in [3.63, 3.8) is 0 Å². The molecule has 2 rings (SSSR count). The predicted octanol–water partition coefficient (Wildman–Crippen LogP) is 14.4. The number of hydrogen-bond acceptors (Lipinski definition) is 1. The first kappa shape index (κ1) is 37.5. The van der Waals surface area contributed by atoms with E-state index in [0.717, 1.165) is 23.7 Å². The van der Waals surface area contributed by atoms with Crippen LogP contribution in [0.5, 0.6) is 0 Å². The molecule has 0 heterocycles. The van der Waals surface area contributed by atoms with Gasteiger partial charge in [0.25, 0.3) is 0 Å². The highest BCUT2D eigenvalue weighted by molar-refractivity contribution is 7.99. The Bertz CT molecular complexity index is 531. The van der Waals surface area contributed by atoms with Gasteiger partial charge in [-0.25, -0.2) is 0 Å². The first-order chi connectivity index (χ1) is 19.7. The minimum atomic E-state index is 0.504. The summed E-state index contributed by atoms with van der Waals surface area (Å²) in [6, 6.07) is 0. The molecule has 0 aromatic rings. The van der Waals surface area contributed by atoms with Crippen molar-refractivity contribution in [2.24, 2.45) is 34.5 Å². The standard InChI is InChI=1S/C40H78S/c1-39(2,3)37(35-27-19-17-20-28-35)31-23-13-9-7-11-15-25-33-41-34-26-16-12-8-10-14-24-32-38(40(4,5)6)36-29-21-18-22-30-36/h35-38H,7-34H2,1-6H3. The number of hydrogen-bond donors (Lipinski definition) is 0. The highest BCUT2D eigenvalue weighted by Gasteiger charge is 2.33. The maximum Gasteiger partial charge on any atom is -0.00675 e. The topological polar surface area (TPSA) is 0 Å². The molecular weight excluding hydrogens is 513 g/mol. The van der Waals surface area contributed by atoms with Crippen molar-refractivity contribution >= 4 is 11.8 Å². The molecule has 0 saturated heterocycles. The molecule has 1 heteroatoms. The summed E-state index contributed by atoms with van der Waals surface area (Å²) in [6.45, 7) is 15.0. The third kappa shape index (κ3) is 17.4. The zero-order valence-electron chi connectivity index (χ0n) is 29.5. The summed E-state index contributed by atoms with van der Waals surface area (Å²) >= 11 is 2.23. The van der Waals surface area contributed by atoms with E-state index in [-0.39, 0.29) is 0 Å². The molecular formula is C40H78S. The van der Waals surface area contributed by atoms with Gasteiger partial charge in [-0.05, 0) is 71.7 Å². The van der Waals surface area contributed by atoms with Crippen LogP contribution < -0.4 is 0 Å². The maximum absolute atomic E-state index is 2.51. The lowest BCUT2D eigenvalue weighted by Crippen LogP contribution is -2.29. The van der Waals surface area contributed by atoms with Crippen LogP contribution in [0, 0.1) is 34.5 Å². The number of rotatable bonds is 22. The van der Waals surface area contributed by atoms with Crippen LogP contribution in [-0.2, 0) is 0 Å². The van der Waals surface area contributed by atoms with E-state index in [0.29, 0.717) is 10.8 Å². The van der Waals surface area contributed by atoms with Crippen LogP contribution in [0.1, 0.15) is 208 Å². The second-order valence-electron chi connectivity index (χ2n) is 16.9. The molecule has 2 saturated carbocycles. The molecule has 0 radical (unpaired) electrons. The van der Waals surface area contributed by atoms with E-state index in [1.165, 1.54) is 178 Å². The fraction of sp³-hybridized carbons (Fsp3) is 1.00. The van der Waals surface area contributed by atoms with Gasteiger partial charge in [-0.1, -0.05) is 183 Å².